The molecule has 0 unspecified atom stereocenters. The van der Waals surface area contributed by atoms with Crippen LogP contribution in [0.25, 0.3) is 0 Å². The predicted molar refractivity (Wildman–Crippen MR) is 73.2 cm³/mol. The average Bonchev–Trinajstić information content (AvgIpc) is 2.40. The van der Waals surface area contributed by atoms with E-state index in [1.807, 2.05) is 29.2 Å². The molecule has 0 spiro atoms. The summed E-state index contributed by atoms with van der Waals surface area (Å²) in [4.78, 5) is 16.3. The molecular formula is C13H19BN2O2. The molecular weight excluding hydrogens is 227 g/mol. The Bertz CT molecular complexity index is 400. The fourth-order valence-corrected chi connectivity index (χ4v) is 2.10. The van der Waals surface area contributed by atoms with Crippen LogP contribution < -0.4 is 5.46 Å². The Balaban J connectivity index is 1.90. The molecule has 1 N–H and O–H groups in total. The topological polar surface area (TPSA) is 43.8 Å². The van der Waals surface area contributed by atoms with Crippen LogP contribution in [-0.4, -0.2) is 61.4 Å². The van der Waals surface area contributed by atoms with Gasteiger partial charge in [0.2, 0.25) is 5.91 Å². The maximum absolute atomic E-state index is 12.1. The summed E-state index contributed by atoms with van der Waals surface area (Å²) in [6.07, 6.45) is 0.454. The second-order valence-electron chi connectivity index (χ2n) is 4.84. The van der Waals surface area contributed by atoms with Gasteiger partial charge in [-0.3, -0.25) is 4.79 Å². The standard InChI is InChI=1S/C13H19BN2O2/c1-15-6-8-16(9-7-15)13(17)10-11-2-4-12(14-18)5-3-11/h2-5,14,18H,6-10H2,1H3. The van der Waals surface area contributed by atoms with Crippen LogP contribution in [0, 0.1) is 0 Å². The van der Waals surface area contributed by atoms with Crippen molar-refractivity contribution in [1.29, 1.82) is 0 Å². The maximum Gasteiger partial charge on any atom is 0.304 e. The van der Waals surface area contributed by atoms with Crippen molar-refractivity contribution in [2.24, 2.45) is 0 Å². The molecule has 0 aromatic heterocycles. The van der Waals surface area contributed by atoms with Crippen LogP contribution >= 0.6 is 0 Å². The molecule has 18 heavy (non-hydrogen) atoms. The first-order chi connectivity index (χ1) is 8.69. The van der Waals surface area contributed by atoms with Gasteiger partial charge in [0.25, 0.3) is 0 Å². The fraction of sp³-hybridized carbons (Fsp3) is 0.462. The van der Waals surface area contributed by atoms with Gasteiger partial charge in [0, 0.05) is 26.2 Å². The lowest BCUT2D eigenvalue weighted by Gasteiger charge is -2.32. The highest BCUT2D eigenvalue weighted by atomic mass is 16.2. The molecule has 1 aromatic carbocycles. The van der Waals surface area contributed by atoms with Gasteiger partial charge in [-0.15, -0.1) is 0 Å². The van der Waals surface area contributed by atoms with Gasteiger partial charge in [-0.2, -0.15) is 0 Å². The minimum atomic E-state index is 0.0483. The summed E-state index contributed by atoms with van der Waals surface area (Å²) in [5, 5.41) is 8.96. The van der Waals surface area contributed by atoms with Crippen molar-refractivity contribution in [2.45, 2.75) is 6.42 Å². The summed E-state index contributed by atoms with van der Waals surface area (Å²) in [5.41, 5.74) is 1.89. The van der Waals surface area contributed by atoms with E-state index in [9.17, 15) is 4.79 Å². The van der Waals surface area contributed by atoms with Crippen LogP contribution in [0.1, 0.15) is 5.56 Å². The monoisotopic (exact) mass is 246 g/mol. The molecule has 1 aliphatic rings. The summed E-state index contributed by atoms with van der Waals surface area (Å²) in [5.74, 6) is 0.194. The highest BCUT2D eigenvalue weighted by Crippen LogP contribution is 2.05. The van der Waals surface area contributed by atoms with E-state index in [0.29, 0.717) is 6.42 Å². The van der Waals surface area contributed by atoms with Gasteiger partial charge in [-0.05, 0) is 12.6 Å². The largest absolute Gasteiger partial charge is 0.449 e. The molecule has 0 saturated carbocycles. The Morgan fingerprint density at radius 1 is 1.22 bits per heavy atom. The first kappa shape index (κ1) is 13.1. The van der Waals surface area contributed by atoms with Gasteiger partial charge in [0.1, 0.15) is 0 Å². The molecule has 1 aromatic rings. The Hall–Kier alpha value is -1.33. The van der Waals surface area contributed by atoms with Gasteiger partial charge in [-0.1, -0.05) is 29.7 Å². The Morgan fingerprint density at radius 3 is 2.39 bits per heavy atom. The second kappa shape index (κ2) is 6.02. The normalized spacial score (nSPS) is 16.7. The number of rotatable bonds is 3. The van der Waals surface area contributed by atoms with Crippen LogP contribution in [0.15, 0.2) is 24.3 Å². The zero-order valence-corrected chi connectivity index (χ0v) is 10.8. The number of piperazine rings is 1. The average molecular weight is 246 g/mol. The van der Waals surface area contributed by atoms with E-state index in [2.05, 4.69) is 11.9 Å². The van der Waals surface area contributed by atoms with E-state index < -0.39 is 0 Å². The van der Waals surface area contributed by atoms with Crippen molar-refractivity contribution in [1.82, 2.24) is 9.80 Å². The highest BCUT2D eigenvalue weighted by molar-refractivity contribution is 6.45. The number of nitrogens with zero attached hydrogens (tertiary/aromatic N) is 2. The van der Waals surface area contributed by atoms with E-state index in [-0.39, 0.29) is 13.4 Å². The third-order valence-electron chi connectivity index (χ3n) is 3.42. The van der Waals surface area contributed by atoms with Crippen LogP contribution in [0.3, 0.4) is 0 Å². The molecule has 1 amide bonds. The number of hydrogen-bond donors (Lipinski definition) is 1. The number of amides is 1. The third kappa shape index (κ3) is 3.34. The molecule has 1 saturated heterocycles. The maximum atomic E-state index is 12.1. The van der Waals surface area contributed by atoms with Crippen molar-refractivity contribution >= 4 is 18.9 Å². The molecule has 0 radical (unpaired) electrons. The van der Waals surface area contributed by atoms with Crippen LogP contribution in [0.2, 0.25) is 0 Å². The van der Waals surface area contributed by atoms with Crippen molar-refractivity contribution in [3.63, 3.8) is 0 Å². The molecule has 96 valence electrons. The van der Waals surface area contributed by atoms with Crippen LogP contribution in [-0.2, 0) is 11.2 Å². The van der Waals surface area contributed by atoms with Gasteiger partial charge in [-0.25, -0.2) is 0 Å². The van der Waals surface area contributed by atoms with Gasteiger partial charge < -0.3 is 14.8 Å². The smallest absolute Gasteiger partial charge is 0.304 e. The Morgan fingerprint density at radius 2 is 1.83 bits per heavy atom. The van der Waals surface area contributed by atoms with Gasteiger partial charge in [0.15, 0.2) is 0 Å². The number of carbonyl (C=O) groups is 1. The van der Waals surface area contributed by atoms with E-state index in [0.717, 1.165) is 37.2 Å². The number of benzene rings is 1. The summed E-state index contributed by atoms with van der Waals surface area (Å²) in [6, 6.07) is 7.57. The van der Waals surface area contributed by atoms with E-state index >= 15 is 0 Å². The fourth-order valence-electron chi connectivity index (χ4n) is 2.10. The number of hydrogen-bond acceptors (Lipinski definition) is 3. The molecule has 0 atom stereocenters. The quantitative estimate of drug-likeness (QED) is 0.694. The zero-order chi connectivity index (χ0) is 13.0. The summed E-state index contributed by atoms with van der Waals surface area (Å²) >= 11 is 0. The van der Waals surface area contributed by atoms with Gasteiger partial charge in [0.05, 0.1) is 6.42 Å². The molecule has 1 aliphatic heterocycles. The molecule has 2 rings (SSSR count). The second-order valence-corrected chi connectivity index (χ2v) is 4.84. The minimum Gasteiger partial charge on any atom is -0.449 e. The lowest BCUT2D eigenvalue weighted by Crippen LogP contribution is -2.47. The molecule has 1 heterocycles. The minimum absolute atomic E-state index is 0.0483. The molecule has 5 heteroatoms. The number of likely N-dealkylation sites (N-methyl/N-ethyl adjacent to an activating group) is 1. The van der Waals surface area contributed by atoms with E-state index in [4.69, 9.17) is 5.02 Å². The van der Waals surface area contributed by atoms with E-state index in [1.165, 1.54) is 0 Å². The highest BCUT2D eigenvalue weighted by Gasteiger charge is 2.18. The predicted octanol–water partition coefficient (Wildman–Crippen LogP) is -1.03. The van der Waals surface area contributed by atoms with Crippen LogP contribution in [0.4, 0.5) is 0 Å². The summed E-state index contributed by atoms with van der Waals surface area (Å²) in [7, 11) is 2.13. The first-order valence-electron chi connectivity index (χ1n) is 6.34. The Labute approximate surface area is 108 Å². The van der Waals surface area contributed by atoms with Crippen molar-refractivity contribution < 1.29 is 9.82 Å². The molecule has 4 nitrogen and oxygen atoms in total. The molecule has 0 aliphatic carbocycles. The van der Waals surface area contributed by atoms with Crippen molar-refractivity contribution in [3.8, 4) is 0 Å². The summed E-state index contributed by atoms with van der Waals surface area (Å²) < 4.78 is 0. The first-order valence-corrected chi connectivity index (χ1v) is 6.34. The van der Waals surface area contributed by atoms with E-state index in [1.54, 1.807) is 0 Å². The van der Waals surface area contributed by atoms with Crippen molar-refractivity contribution in [2.75, 3.05) is 33.2 Å². The number of carbonyl (C=O) groups excluding carboxylic acids is 1. The SMILES string of the molecule is CN1CCN(C(=O)Cc2ccc(BO)cc2)CC1. The lowest BCUT2D eigenvalue weighted by atomic mass is 9.88. The van der Waals surface area contributed by atoms with Gasteiger partial charge >= 0.3 is 7.48 Å². The molecule has 0 bridgehead atoms. The molecule has 1 fully saturated rings. The third-order valence-corrected chi connectivity index (χ3v) is 3.42. The lowest BCUT2D eigenvalue weighted by molar-refractivity contribution is -0.132. The zero-order valence-electron chi connectivity index (χ0n) is 10.8. The summed E-state index contributed by atoms with van der Waals surface area (Å²) in [6.45, 7) is 3.55. The van der Waals surface area contributed by atoms with Crippen molar-refractivity contribution in [3.05, 3.63) is 29.8 Å². The van der Waals surface area contributed by atoms with Crippen LogP contribution in [0.5, 0.6) is 0 Å². The Kier molecular flexibility index (Phi) is 4.39.